The second-order valence-electron chi connectivity index (χ2n) is 4.68. The molecule has 7 nitrogen and oxygen atoms in total. The Balaban J connectivity index is 2.46. The van der Waals surface area contributed by atoms with Gasteiger partial charge in [0.1, 0.15) is 5.65 Å². The van der Waals surface area contributed by atoms with Crippen molar-refractivity contribution in [1.82, 2.24) is 9.38 Å². The largest absolute Gasteiger partial charge is 0.461 e. The fourth-order valence-electron chi connectivity index (χ4n) is 2.30. The quantitative estimate of drug-likeness (QED) is 0.542. The number of rotatable bonds is 8. The third-order valence-corrected chi connectivity index (χ3v) is 5.12. The topological polar surface area (TPSA) is 79.1 Å². The molecule has 0 saturated heterocycles. The normalized spacial score (nSPS) is 11.8. The Hall–Kier alpha value is -1.69. The molecule has 8 heteroatoms. The van der Waals surface area contributed by atoms with E-state index in [4.69, 9.17) is 13.8 Å². The second-order valence-corrected chi connectivity index (χ2v) is 6.73. The molecule has 0 aliphatic heterocycles. The highest BCUT2D eigenvalue weighted by Gasteiger charge is 2.26. The van der Waals surface area contributed by atoms with Crippen molar-refractivity contribution in [3.05, 3.63) is 35.8 Å². The van der Waals surface area contributed by atoms with Crippen LogP contribution in [0.1, 0.15) is 37.0 Å². The number of fused-ring (bicyclic) bond motifs is 1. The average Bonchev–Trinajstić information content (AvgIpc) is 2.93. The Bertz CT molecular complexity index is 718. The zero-order valence-corrected chi connectivity index (χ0v) is 14.4. The van der Waals surface area contributed by atoms with Gasteiger partial charge in [-0.25, -0.2) is 9.78 Å². The molecule has 0 bridgehead atoms. The number of pyridine rings is 1. The summed E-state index contributed by atoms with van der Waals surface area (Å²) in [5, 5.41) is 0. The van der Waals surface area contributed by atoms with E-state index in [0.717, 1.165) is 0 Å². The van der Waals surface area contributed by atoms with Gasteiger partial charge in [0, 0.05) is 5.69 Å². The van der Waals surface area contributed by atoms with Crippen LogP contribution in [0.25, 0.3) is 5.65 Å². The molecule has 0 saturated carbocycles. The van der Waals surface area contributed by atoms with E-state index in [1.54, 1.807) is 43.4 Å². The molecular weight excluding hydrogens is 319 g/mol. The van der Waals surface area contributed by atoms with Crippen molar-refractivity contribution >= 4 is 19.2 Å². The van der Waals surface area contributed by atoms with Crippen molar-refractivity contribution in [3.63, 3.8) is 0 Å². The molecule has 2 aromatic heterocycles. The van der Waals surface area contributed by atoms with Gasteiger partial charge in [-0.15, -0.1) is 0 Å². The van der Waals surface area contributed by atoms with Gasteiger partial charge in [0.25, 0.3) is 0 Å². The van der Waals surface area contributed by atoms with E-state index in [2.05, 4.69) is 4.98 Å². The fourth-order valence-corrected chi connectivity index (χ4v) is 3.99. The minimum Gasteiger partial charge on any atom is -0.461 e. The van der Waals surface area contributed by atoms with Crippen molar-refractivity contribution < 1.29 is 23.1 Å². The number of carbonyl (C=O) groups is 1. The summed E-state index contributed by atoms with van der Waals surface area (Å²) in [6, 6.07) is 5.31. The molecular formula is C15H21N2O5P. The van der Waals surface area contributed by atoms with Crippen LogP contribution in [-0.2, 0) is 24.5 Å². The summed E-state index contributed by atoms with van der Waals surface area (Å²) < 4.78 is 30.1. The average molecular weight is 340 g/mol. The molecule has 126 valence electrons. The first-order valence-electron chi connectivity index (χ1n) is 7.55. The van der Waals surface area contributed by atoms with Crippen LogP contribution in [0.3, 0.4) is 0 Å². The molecule has 0 aliphatic rings. The van der Waals surface area contributed by atoms with Gasteiger partial charge < -0.3 is 13.8 Å². The van der Waals surface area contributed by atoms with E-state index in [-0.39, 0.29) is 31.7 Å². The third-order valence-electron chi connectivity index (χ3n) is 3.10. The van der Waals surface area contributed by atoms with Crippen LogP contribution >= 0.6 is 7.60 Å². The summed E-state index contributed by atoms with van der Waals surface area (Å²) in [7, 11) is -3.29. The SMILES string of the molecule is CCOC(=O)c1cnc2cccc(CP(=O)(OCC)OCC)n12. The summed E-state index contributed by atoms with van der Waals surface area (Å²) in [5.74, 6) is -0.477. The first kappa shape index (κ1) is 17.7. The van der Waals surface area contributed by atoms with Gasteiger partial charge >= 0.3 is 13.6 Å². The molecule has 2 heterocycles. The lowest BCUT2D eigenvalue weighted by molar-refractivity contribution is 0.0517. The molecule has 0 spiro atoms. The highest BCUT2D eigenvalue weighted by atomic mass is 31.2. The van der Waals surface area contributed by atoms with Crippen LogP contribution in [0.4, 0.5) is 0 Å². The lowest BCUT2D eigenvalue weighted by Gasteiger charge is -2.18. The van der Waals surface area contributed by atoms with Gasteiger partial charge in [-0.3, -0.25) is 8.97 Å². The number of aromatic nitrogens is 2. The predicted molar refractivity (Wildman–Crippen MR) is 85.7 cm³/mol. The monoisotopic (exact) mass is 340 g/mol. The smallest absolute Gasteiger partial charge is 0.356 e. The zero-order chi connectivity index (χ0) is 16.9. The molecule has 0 aromatic carbocycles. The molecule has 2 rings (SSSR count). The van der Waals surface area contributed by atoms with Crippen LogP contribution in [0, 0.1) is 0 Å². The molecule has 0 amide bonds. The van der Waals surface area contributed by atoms with Crippen LogP contribution in [0.15, 0.2) is 24.4 Å². The van der Waals surface area contributed by atoms with Gasteiger partial charge in [-0.05, 0) is 32.9 Å². The van der Waals surface area contributed by atoms with E-state index < -0.39 is 13.6 Å². The molecule has 0 fully saturated rings. The van der Waals surface area contributed by atoms with Crippen molar-refractivity contribution in [2.24, 2.45) is 0 Å². The standard InChI is InChI=1S/C15H21N2O5P/c1-4-20-15(18)13-10-16-14-9-7-8-12(17(13)14)11-23(19,21-5-2)22-6-3/h7-10H,4-6,11H2,1-3H3. The minimum absolute atomic E-state index is 0.0504. The van der Waals surface area contributed by atoms with E-state index in [1.165, 1.54) is 6.20 Å². The van der Waals surface area contributed by atoms with E-state index in [1.807, 2.05) is 0 Å². The van der Waals surface area contributed by atoms with Gasteiger partial charge in [-0.1, -0.05) is 6.07 Å². The van der Waals surface area contributed by atoms with E-state index >= 15 is 0 Å². The van der Waals surface area contributed by atoms with Crippen LogP contribution in [0.5, 0.6) is 0 Å². The first-order chi connectivity index (χ1) is 11.0. The Labute approximate surface area is 135 Å². The molecule has 2 aromatic rings. The Morgan fingerprint density at radius 1 is 1.17 bits per heavy atom. The van der Waals surface area contributed by atoms with Crippen molar-refractivity contribution in [3.8, 4) is 0 Å². The fraction of sp³-hybridized carbons (Fsp3) is 0.467. The number of nitrogens with zero attached hydrogens (tertiary/aromatic N) is 2. The van der Waals surface area contributed by atoms with Gasteiger partial charge in [0.05, 0.1) is 32.2 Å². The predicted octanol–water partition coefficient (Wildman–Crippen LogP) is 3.28. The van der Waals surface area contributed by atoms with Gasteiger partial charge in [0.15, 0.2) is 5.69 Å². The van der Waals surface area contributed by atoms with Gasteiger partial charge in [-0.2, -0.15) is 0 Å². The number of hydrogen-bond donors (Lipinski definition) is 0. The first-order valence-corrected chi connectivity index (χ1v) is 9.28. The van der Waals surface area contributed by atoms with Crippen molar-refractivity contribution in [2.75, 3.05) is 19.8 Å². The third kappa shape index (κ3) is 3.99. The number of carbonyl (C=O) groups excluding carboxylic acids is 1. The van der Waals surface area contributed by atoms with Crippen LogP contribution in [0.2, 0.25) is 0 Å². The summed E-state index contributed by atoms with van der Waals surface area (Å²) in [6.07, 6.45) is 1.50. The number of esters is 1. The maximum atomic E-state index is 12.8. The van der Waals surface area contributed by atoms with E-state index in [9.17, 15) is 9.36 Å². The highest BCUT2D eigenvalue weighted by Crippen LogP contribution is 2.51. The maximum Gasteiger partial charge on any atom is 0.356 e. The van der Waals surface area contributed by atoms with Crippen LogP contribution in [-0.4, -0.2) is 35.2 Å². The summed E-state index contributed by atoms with van der Waals surface area (Å²) in [6.45, 7) is 6.08. The lowest BCUT2D eigenvalue weighted by atomic mass is 10.3. The van der Waals surface area contributed by atoms with Gasteiger partial charge in [0.2, 0.25) is 0 Å². The number of ether oxygens (including phenoxy) is 1. The second kappa shape index (κ2) is 7.73. The molecule has 0 radical (unpaired) electrons. The highest BCUT2D eigenvalue weighted by molar-refractivity contribution is 7.53. The molecule has 23 heavy (non-hydrogen) atoms. The lowest BCUT2D eigenvalue weighted by Crippen LogP contribution is -2.11. The van der Waals surface area contributed by atoms with Crippen molar-refractivity contribution in [2.45, 2.75) is 26.9 Å². The van der Waals surface area contributed by atoms with Crippen LogP contribution < -0.4 is 0 Å². The number of hydrogen-bond acceptors (Lipinski definition) is 6. The Morgan fingerprint density at radius 3 is 2.48 bits per heavy atom. The summed E-state index contributed by atoms with van der Waals surface area (Å²) >= 11 is 0. The Morgan fingerprint density at radius 2 is 1.87 bits per heavy atom. The zero-order valence-electron chi connectivity index (χ0n) is 13.5. The van der Waals surface area contributed by atoms with E-state index in [0.29, 0.717) is 11.3 Å². The molecule has 0 N–H and O–H groups in total. The molecule has 0 unspecified atom stereocenters. The molecule has 0 atom stereocenters. The number of imidazole rings is 1. The minimum atomic E-state index is -3.29. The maximum absolute atomic E-state index is 12.8. The Kier molecular flexibility index (Phi) is 5.93. The van der Waals surface area contributed by atoms with Crippen molar-refractivity contribution in [1.29, 1.82) is 0 Å². The summed E-state index contributed by atoms with van der Waals surface area (Å²) in [4.78, 5) is 16.3. The summed E-state index contributed by atoms with van der Waals surface area (Å²) in [5.41, 5.74) is 1.48. The molecule has 0 aliphatic carbocycles.